The lowest BCUT2D eigenvalue weighted by Crippen LogP contribution is -1.94. The number of benzene rings is 2. The minimum absolute atomic E-state index is 0.282. The molecular weight excluding hydrogens is 238 g/mol. The van der Waals surface area contributed by atoms with Crippen LogP contribution in [0.5, 0.6) is 0 Å². The lowest BCUT2D eigenvalue weighted by molar-refractivity contribution is 0.0697. The van der Waals surface area contributed by atoms with Gasteiger partial charge in [0, 0.05) is 12.4 Å². The van der Waals surface area contributed by atoms with Gasteiger partial charge in [0.1, 0.15) is 0 Å². The summed E-state index contributed by atoms with van der Waals surface area (Å²) in [5, 5.41) is 8.77. The van der Waals surface area contributed by atoms with Gasteiger partial charge in [-0.05, 0) is 29.3 Å². The lowest BCUT2D eigenvalue weighted by Gasteiger charge is -1.94. The minimum Gasteiger partial charge on any atom is -0.478 e. The number of aliphatic imine (C=N–C) groups is 1. The van der Waals surface area contributed by atoms with Crippen molar-refractivity contribution in [2.75, 3.05) is 0 Å². The van der Waals surface area contributed by atoms with E-state index in [4.69, 9.17) is 5.11 Å². The molecule has 0 saturated carbocycles. The summed E-state index contributed by atoms with van der Waals surface area (Å²) in [4.78, 5) is 14.9. The van der Waals surface area contributed by atoms with Crippen molar-refractivity contribution < 1.29 is 9.90 Å². The molecule has 2 rings (SSSR count). The maximum Gasteiger partial charge on any atom is 0.335 e. The van der Waals surface area contributed by atoms with Crippen LogP contribution in [0.3, 0.4) is 0 Å². The number of carboxylic acid groups (broad SMARTS) is 1. The van der Waals surface area contributed by atoms with Crippen molar-refractivity contribution in [3.05, 3.63) is 77.5 Å². The van der Waals surface area contributed by atoms with Crippen molar-refractivity contribution in [1.82, 2.24) is 0 Å². The highest BCUT2D eigenvalue weighted by molar-refractivity contribution is 5.87. The molecule has 94 valence electrons. The zero-order valence-electron chi connectivity index (χ0n) is 10.2. The molecule has 3 nitrogen and oxygen atoms in total. The van der Waals surface area contributed by atoms with Gasteiger partial charge in [0.2, 0.25) is 0 Å². The Kier molecular flexibility index (Phi) is 4.24. The van der Waals surface area contributed by atoms with Crippen LogP contribution in [0.4, 0.5) is 0 Å². The van der Waals surface area contributed by atoms with Crippen molar-refractivity contribution in [2.24, 2.45) is 4.99 Å². The fourth-order valence-electron chi connectivity index (χ4n) is 1.53. The van der Waals surface area contributed by atoms with Gasteiger partial charge in [0.15, 0.2) is 0 Å². The van der Waals surface area contributed by atoms with E-state index in [1.54, 1.807) is 36.7 Å². The van der Waals surface area contributed by atoms with E-state index >= 15 is 0 Å². The first kappa shape index (κ1) is 12.8. The molecule has 0 saturated heterocycles. The molecule has 0 bridgehead atoms. The van der Waals surface area contributed by atoms with Crippen molar-refractivity contribution >= 4 is 18.3 Å². The Morgan fingerprint density at radius 2 is 1.63 bits per heavy atom. The molecule has 0 atom stereocenters. The summed E-state index contributed by atoms with van der Waals surface area (Å²) < 4.78 is 0. The predicted molar refractivity (Wildman–Crippen MR) is 76.5 cm³/mol. The van der Waals surface area contributed by atoms with Crippen LogP contribution in [0.25, 0.3) is 6.08 Å². The molecule has 0 radical (unpaired) electrons. The second kappa shape index (κ2) is 6.31. The van der Waals surface area contributed by atoms with Crippen molar-refractivity contribution in [1.29, 1.82) is 0 Å². The van der Waals surface area contributed by atoms with Crippen LogP contribution in [0.1, 0.15) is 21.5 Å². The topological polar surface area (TPSA) is 49.7 Å². The molecule has 0 fully saturated rings. The maximum absolute atomic E-state index is 10.7. The number of rotatable bonds is 4. The normalized spacial score (nSPS) is 11.2. The Balaban J connectivity index is 1.99. The lowest BCUT2D eigenvalue weighted by atomic mass is 10.1. The fraction of sp³-hybridized carbons (Fsp3) is 0. The fourth-order valence-corrected chi connectivity index (χ4v) is 1.53. The molecule has 3 heteroatoms. The van der Waals surface area contributed by atoms with E-state index in [-0.39, 0.29) is 5.56 Å². The van der Waals surface area contributed by atoms with Gasteiger partial charge in [-0.25, -0.2) is 4.79 Å². The number of hydrogen-bond acceptors (Lipinski definition) is 2. The predicted octanol–water partition coefficient (Wildman–Crippen LogP) is 3.47. The van der Waals surface area contributed by atoms with Crippen LogP contribution in [-0.4, -0.2) is 17.3 Å². The Morgan fingerprint density at radius 1 is 0.947 bits per heavy atom. The molecule has 0 aliphatic rings. The first-order chi connectivity index (χ1) is 9.25. The SMILES string of the molecule is O=C(O)c1ccc(C=CN=Cc2ccccc2)cc1. The molecule has 0 heterocycles. The second-order valence-electron chi connectivity index (χ2n) is 3.93. The molecule has 2 aromatic carbocycles. The van der Waals surface area contributed by atoms with Crippen molar-refractivity contribution in [2.45, 2.75) is 0 Å². The van der Waals surface area contributed by atoms with Crippen LogP contribution >= 0.6 is 0 Å². The summed E-state index contributed by atoms with van der Waals surface area (Å²) in [5.74, 6) is -0.919. The van der Waals surface area contributed by atoms with E-state index in [2.05, 4.69) is 4.99 Å². The quantitative estimate of drug-likeness (QED) is 0.846. The highest BCUT2D eigenvalue weighted by Gasteiger charge is 1.99. The Bertz CT molecular complexity index is 598. The Hall–Kier alpha value is -2.68. The first-order valence-electron chi connectivity index (χ1n) is 5.84. The van der Waals surface area contributed by atoms with Gasteiger partial charge in [-0.15, -0.1) is 0 Å². The van der Waals surface area contributed by atoms with Crippen LogP contribution in [0.2, 0.25) is 0 Å². The summed E-state index contributed by atoms with van der Waals surface area (Å²) in [6.45, 7) is 0. The van der Waals surface area contributed by atoms with Gasteiger partial charge in [-0.3, -0.25) is 4.99 Å². The molecule has 0 aliphatic carbocycles. The minimum atomic E-state index is -0.919. The van der Waals surface area contributed by atoms with Gasteiger partial charge in [0.05, 0.1) is 5.56 Å². The summed E-state index contributed by atoms with van der Waals surface area (Å²) >= 11 is 0. The molecular formula is C16H13NO2. The number of carbonyl (C=O) groups is 1. The monoisotopic (exact) mass is 251 g/mol. The third kappa shape index (κ3) is 3.92. The zero-order chi connectivity index (χ0) is 13.5. The van der Waals surface area contributed by atoms with Crippen LogP contribution in [0.15, 0.2) is 65.8 Å². The summed E-state index contributed by atoms with van der Waals surface area (Å²) in [6, 6.07) is 16.4. The molecule has 0 spiro atoms. The van der Waals surface area contributed by atoms with Gasteiger partial charge < -0.3 is 5.11 Å². The van der Waals surface area contributed by atoms with E-state index in [1.807, 2.05) is 36.4 Å². The van der Waals surface area contributed by atoms with E-state index in [9.17, 15) is 4.79 Å². The third-order valence-corrected chi connectivity index (χ3v) is 2.53. The van der Waals surface area contributed by atoms with Gasteiger partial charge >= 0.3 is 5.97 Å². The maximum atomic E-state index is 10.7. The summed E-state index contributed by atoms with van der Waals surface area (Å²) in [5.41, 5.74) is 2.23. The third-order valence-electron chi connectivity index (χ3n) is 2.53. The number of carboxylic acids is 1. The standard InChI is InChI=1S/C16H13NO2/c18-16(19)15-8-6-13(7-9-15)10-11-17-12-14-4-2-1-3-5-14/h1-12H,(H,18,19). The van der Waals surface area contributed by atoms with Crippen LogP contribution in [0, 0.1) is 0 Å². The van der Waals surface area contributed by atoms with Gasteiger partial charge in [-0.2, -0.15) is 0 Å². The molecule has 0 unspecified atom stereocenters. The number of hydrogen-bond donors (Lipinski definition) is 1. The Morgan fingerprint density at radius 3 is 2.26 bits per heavy atom. The highest BCUT2D eigenvalue weighted by Crippen LogP contribution is 2.06. The average molecular weight is 251 g/mol. The first-order valence-corrected chi connectivity index (χ1v) is 5.84. The molecule has 1 N–H and O–H groups in total. The van der Waals surface area contributed by atoms with Gasteiger partial charge in [0.25, 0.3) is 0 Å². The van der Waals surface area contributed by atoms with Crippen molar-refractivity contribution in [3.8, 4) is 0 Å². The smallest absolute Gasteiger partial charge is 0.335 e. The molecule has 19 heavy (non-hydrogen) atoms. The molecule has 0 aliphatic heterocycles. The zero-order valence-corrected chi connectivity index (χ0v) is 10.2. The number of nitrogens with zero attached hydrogens (tertiary/aromatic N) is 1. The van der Waals surface area contributed by atoms with E-state index in [0.29, 0.717) is 0 Å². The second-order valence-corrected chi connectivity index (χ2v) is 3.93. The van der Waals surface area contributed by atoms with Crippen molar-refractivity contribution in [3.63, 3.8) is 0 Å². The molecule has 0 aromatic heterocycles. The summed E-state index contributed by atoms with van der Waals surface area (Å²) in [7, 11) is 0. The van der Waals surface area contributed by atoms with Crippen LogP contribution in [-0.2, 0) is 0 Å². The Labute approximate surface area is 111 Å². The molecule has 2 aromatic rings. The highest BCUT2D eigenvalue weighted by atomic mass is 16.4. The van der Waals surface area contributed by atoms with Crippen LogP contribution < -0.4 is 0 Å². The molecule has 0 amide bonds. The van der Waals surface area contributed by atoms with E-state index in [1.165, 1.54) is 0 Å². The average Bonchev–Trinajstić information content (AvgIpc) is 2.45. The number of aromatic carboxylic acids is 1. The summed E-state index contributed by atoms with van der Waals surface area (Å²) in [6.07, 6.45) is 5.27. The van der Waals surface area contributed by atoms with E-state index in [0.717, 1.165) is 11.1 Å². The van der Waals surface area contributed by atoms with E-state index < -0.39 is 5.97 Å². The van der Waals surface area contributed by atoms with Gasteiger partial charge in [-0.1, -0.05) is 42.5 Å². The largest absolute Gasteiger partial charge is 0.478 e.